The fourth-order valence-electron chi connectivity index (χ4n) is 2.90. The Morgan fingerprint density at radius 2 is 1.95 bits per heavy atom. The summed E-state index contributed by atoms with van der Waals surface area (Å²) in [6.07, 6.45) is 5.07. The van der Waals surface area contributed by atoms with Crippen LogP contribution in [0.4, 0.5) is 4.79 Å². The highest BCUT2D eigenvalue weighted by molar-refractivity contribution is 5.84. The molecule has 6 nitrogen and oxygen atoms in total. The molecule has 2 aliphatic rings. The lowest BCUT2D eigenvalue weighted by molar-refractivity contribution is -0.145. The second-order valence-corrected chi connectivity index (χ2v) is 5.37. The van der Waals surface area contributed by atoms with Crippen molar-refractivity contribution < 1.29 is 19.4 Å². The topological polar surface area (TPSA) is 78.9 Å². The molecule has 0 aromatic carbocycles. The number of carbonyl (C=O) groups is 2. The highest BCUT2D eigenvalue weighted by atomic mass is 16.5. The Bertz CT molecular complexity index is 342. The number of esters is 1. The third-order valence-corrected chi connectivity index (χ3v) is 3.95. The lowest BCUT2D eigenvalue weighted by atomic mass is 9.96. The van der Waals surface area contributed by atoms with Crippen molar-refractivity contribution in [3.63, 3.8) is 0 Å². The maximum absolute atomic E-state index is 12.2. The number of aliphatic hydroxyl groups excluding tert-OH is 1. The fraction of sp³-hybridized carbons (Fsp3) is 0.846. The van der Waals surface area contributed by atoms with Gasteiger partial charge >= 0.3 is 12.0 Å². The number of β-amino-alcohol motifs (C(OH)–C–C–N with tert-alkyl or cyclic N) is 1. The van der Waals surface area contributed by atoms with Crippen LogP contribution in [0.15, 0.2) is 0 Å². The Kier molecular flexibility index (Phi) is 4.63. The van der Waals surface area contributed by atoms with Gasteiger partial charge in [-0.25, -0.2) is 9.59 Å². The number of likely N-dealkylation sites (tertiary alicyclic amines) is 1. The molecule has 2 rings (SSSR count). The predicted molar refractivity (Wildman–Crippen MR) is 68.5 cm³/mol. The number of urea groups is 1. The maximum atomic E-state index is 12.2. The molecule has 0 spiro atoms. The van der Waals surface area contributed by atoms with Crippen LogP contribution in [0.25, 0.3) is 0 Å². The first-order valence-electron chi connectivity index (χ1n) is 6.95. The number of amides is 2. The Labute approximate surface area is 113 Å². The number of nitrogens with zero attached hydrogens (tertiary/aromatic N) is 1. The molecule has 1 heterocycles. The summed E-state index contributed by atoms with van der Waals surface area (Å²) in [5, 5.41) is 12.6. The van der Waals surface area contributed by atoms with E-state index in [9.17, 15) is 14.7 Å². The average Bonchev–Trinajstić information content (AvgIpc) is 2.81. The molecule has 0 radical (unpaired) electrons. The number of carbonyl (C=O) groups excluding carboxylic acids is 2. The zero-order valence-electron chi connectivity index (χ0n) is 11.3. The molecule has 2 amide bonds. The molecule has 0 aromatic rings. The lowest BCUT2D eigenvalue weighted by Crippen LogP contribution is -2.49. The number of hydrogen-bond donors (Lipinski definition) is 2. The Morgan fingerprint density at radius 3 is 2.58 bits per heavy atom. The van der Waals surface area contributed by atoms with Crippen molar-refractivity contribution in [3.8, 4) is 0 Å². The predicted octanol–water partition coefficient (Wildman–Crippen LogP) is 0.637. The number of ether oxygens (including phenoxy) is 1. The standard InChI is InChI=1S/C13H22N2O4/c1-19-12(17)11-7-10(16)8-15(11)13(18)14-9-5-3-2-4-6-9/h9-11,16H,2-8H2,1H3,(H,14,18)/t10-,11-/m0/s1. The minimum Gasteiger partial charge on any atom is -0.467 e. The monoisotopic (exact) mass is 270 g/mol. The van der Waals surface area contributed by atoms with Crippen molar-refractivity contribution in [2.75, 3.05) is 13.7 Å². The smallest absolute Gasteiger partial charge is 0.328 e. The summed E-state index contributed by atoms with van der Waals surface area (Å²) < 4.78 is 4.68. The molecule has 108 valence electrons. The van der Waals surface area contributed by atoms with Crippen molar-refractivity contribution in [1.82, 2.24) is 10.2 Å². The van der Waals surface area contributed by atoms with E-state index < -0.39 is 18.1 Å². The highest BCUT2D eigenvalue weighted by Crippen LogP contribution is 2.21. The van der Waals surface area contributed by atoms with Gasteiger partial charge in [-0.15, -0.1) is 0 Å². The number of rotatable bonds is 2. The SMILES string of the molecule is COC(=O)[C@@H]1C[C@H](O)CN1C(=O)NC1CCCCC1. The summed E-state index contributed by atoms with van der Waals surface area (Å²) in [7, 11) is 1.30. The largest absolute Gasteiger partial charge is 0.467 e. The molecular weight excluding hydrogens is 248 g/mol. The quantitative estimate of drug-likeness (QED) is 0.722. The van der Waals surface area contributed by atoms with Crippen LogP contribution in [-0.4, -0.2) is 53.8 Å². The molecule has 0 unspecified atom stereocenters. The van der Waals surface area contributed by atoms with Crippen LogP contribution in [0.1, 0.15) is 38.5 Å². The summed E-state index contributed by atoms with van der Waals surface area (Å²) in [6, 6.07) is -0.736. The molecule has 2 fully saturated rings. The van der Waals surface area contributed by atoms with E-state index in [2.05, 4.69) is 10.1 Å². The van der Waals surface area contributed by atoms with E-state index in [1.807, 2.05) is 0 Å². The first-order valence-corrected chi connectivity index (χ1v) is 6.95. The zero-order valence-corrected chi connectivity index (χ0v) is 11.3. The van der Waals surface area contributed by atoms with E-state index in [-0.39, 0.29) is 25.0 Å². The number of methoxy groups -OCH3 is 1. The Hall–Kier alpha value is -1.30. The van der Waals surface area contributed by atoms with Crippen molar-refractivity contribution in [3.05, 3.63) is 0 Å². The van der Waals surface area contributed by atoms with E-state index in [4.69, 9.17) is 0 Å². The summed E-state index contributed by atoms with van der Waals surface area (Å²) in [6.45, 7) is 0.193. The molecule has 0 bridgehead atoms. The van der Waals surface area contributed by atoms with Crippen LogP contribution in [-0.2, 0) is 9.53 Å². The Balaban J connectivity index is 1.94. The molecular formula is C13H22N2O4. The first kappa shape index (κ1) is 14.1. The van der Waals surface area contributed by atoms with Crippen LogP contribution < -0.4 is 5.32 Å². The van der Waals surface area contributed by atoms with Crippen LogP contribution >= 0.6 is 0 Å². The molecule has 2 atom stereocenters. The van der Waals surface area contributed by atoms with E-state index in [1.165, 1.54) is 18.4 Å². The molecule has 1 saturated carbocycles. The van der Waals surface area contributed by atoms with Gasteiger partial charge < -0.3 is 20.1 Å². The number of nitrogens with one attached hydrogen (secondary N) is 1. The molecule has 0 aromatic heterocycles. The molecule has 2 N–H and O–H groups in total. The minimum absolute atomic E-state index is 0.192. The van der Waals surface area contributed by atoms with Gasteiger partial charge in [-0.1, -0.05) is 19.3 Å². The second kappa shape index (κ2) is 6.23. The minimum atomic E-state index is -0.663. The molecule has 1 saturated heterocycles. The maximum Gasteiger partial charge on any atom is 0.328 e. The van der Waals surface area contributed by atoms with Crippen molar-refractivity contribution in [2.24, 2.45) is 0 Å². The van der Waals surface area contributed by atoms with Crippen LogP contribution in [0.5, 0.6) is 0 Å². The summed E-state index contributed by atoms with van der Waals surface area (Å²) in [5.41, 5.74) is 0. The van der Waals surface area contributed by atoms with Crippen LogP contribution in [0, 0.1) is 0 Å². The summed E-state index contributed by atoms with van der Waals surface area (Å²) in [5.74, 6) is -0.463. The fourth-order valence-corrected chi connectivity index (χ4v) is 2.90. The van der Waals surface area contributed by atoms with E-state index >= 15 is 0 Å². The number of hydrogen-bond acceptors (Lipinski definition) is 4. The molecule has 1 aliphatic heterocycles. The molecule has 19 heavy (non-hydrogen) atoms. The van der Waals surface area contributed by atoms with Gasteiger partial charge in [0.1, 0.15) is 6.04 Å². The van der Waals surface area contributed by atoms with Gasteiger partial charge in [-0.3, -0.25) is 0 Å². The van der Waals surface area contributed by atoms with Gasteiger partial charge in [0.05, 0.1) is 13.2 Å². The second-order valence-electron chi connectivity index (χ2n) is 5.37. The summed E-state index contributed by atoms with van der Waals surface area (Å²) in [4.78, 5) is 25.2. The highest BCUT2D eigenvalue weighted by Gasteiger charge is 2.40. The lowest BCUT2D eigenvalue weighted by Gasteiger charge is -2.28. The van der Waals surface area contributed by atoms with E-state index in [0.717, 1.165) is 25.7 Å². The van der Waals surface area contributed by atoms with Gasteiger partial charge in [0.2, 0.25) is 0 Å². The molecule has 1 aliphatic carbocycles. The summed E-state index contributed by atoms with van der Waals surface area (Å²) >= 11 is 0. The van der Waals surface area contributed by atoms with Crippen molar-refractivity contribution in [1.29, 1.82) is 0 Å². The third kappa shape index (κ3) is 3.37. The third-order valence-electron chi connectivity index (χ3n) is 3.95. The molecule has 6 heteroatoms. The van der Waals surface area contributed by atoms with E-state index in [1.54, 1.807) is 0 Å². The van der Waals surface area contributed by atoms with Gasteiger partial charge in [0.25, 0.3) is 0 Å². The van der Waals surface area contributed by atoms with Crippen LogP contribution in [0.3, 0.4) is 0 Å². The van der Waals surface area contributed by atoms with Crippen LogP contribution in [0.2, 0.25) is 0 Å². The van der Waals surface area contributed by atoms with Crippen molar-refractivity contribution >= 4 is 12.0 Å². The van der Waals surface area contributed by atoms with Gasteiger partial charge in [-0.2, -0.15) is 0 Å². The zero-order chi connectivity index (χ0) is 13.8. The number of aliphatic hydroxyl groups is 1. The van der Waals surface area contributed by atoms with Gasteiger partial charge in [0, 0.05) is 19.0 Å². The first-order chi connectivity index (χ1) is 9.11. The Morgan fingerprint density at radius 1 is 1.26 bits per heavy atom. The van der Waals surface area contributed by atoms with E-state index in [0.29, 0.717) is 0 Å². The average molecular weight is 270 g/mol. The normalized spacial score (nSPS) is 28.2. The van der Waals surface area contributed by atoms with Gasteiger partial charge in [0.15, 0.2) is 0 Å². The van der Waals surface area contributed by atoms with Crippen molar-refractivity contribution in [2.45, 2.75) is 56.7 Å². The van der Waals surface area contributed by atoms with Gasteiger partial charge in [-0.05, 0) is 12.8 Å².